The number of nitrogens with zero attached hydrogens (tertiary/aromatic N) is 2. The Morgan fingerprint density at radius 3 is 2.90 bits per heavy atom. The third kappa shape index (κ3) is 4.28. The van der Waals surface area contributed by atoms with Crippen LogP contribution in [0.4, 0.5) is 5.13 Å². The summed E-state index contributed by atoms with van der Waals surface area (Å²) in [4.78, 5) is 18.3. The summed E-state index contributed by atoms with van der Waals surface area (Å²) in [6.45, 7) is 2.11. The van der Waals surface area contributed by atoms with Gasteiger partial charge >= 0.3 is 0 Å². The fourth-order valence-electron chi connectivity index (χ4n) is 3.10. The van der Waals surface area contributed by atoms with E-state index in [0.29, 0.717) is 22.2 Å². The normalized spacial score (nSPS) is 12.2. The quantitative estimate of drug-likeness (QED) is 0.394. The maximum atomic E-state index is 12.9. The highest BCUT2D eigenvalue weighted by molar-refractivity contribution is 7.98. The van der Waals surface area contributed by atoms with Crippen LogP contribution in [-0.2, 0) is 5.75 Å². The Morgan fingerprint density at radius 1 is 1.16 bits per heavy atom. The summed E-state index contributed by atoms with van der Waals surface area (Å²) < 4.78 is 16.0. The van der Waals surface area contributed by atoms with E-state index < -0.39 is 0 Å². The van der Waals surface area contributed by atoms with Gasteiger partial charge in [-0.3, -0.25) is 10.1 Å². The van der Waals surface area contributed by atoms with Crippen molar-refractivity contribution in [3.8, 4) is 22.8 Å². The van der Waals surface area contributed by atoms with E-state index in [1.165, 1.54) is 23.1 Å². The molecule has 1 aliphatic heterocycles. The van der Waals surface area contributed by atoms with Gasteiger partial charge in [0.1, 0.15) is 5.76 Å². The molecule has 0 aliphatic carbocycles. The topological polar surface area (TPSA) is 86.5 Å². The number of aryl methyl sites for hydroxylation is 1. The van der Waals surface area contributed by atoms with Crippen molar-refractivity contribution in [1.82, 2.24) is 10.1 Å². The predicted molar refractivity (Wildman–Crippen MR) is 119 cm³/mol. The molecule has 1 amide bonds. The monoisotopic (exact) mass is 451 g/mol. The van der Waals surface area contributed by atoms with Crippen molar-refractivity contribution < 1.29 is 18.8 Å². The summed E-state index contributed by atoms with van der Waals surface area (Å²) in [5, 5.41) is 9.24. The maximum Gasteiger partial charge on any atom is 0.258 e. The number of amides is 1. The fourth-order valence-corrected chi connectivity index (χ4v) is 4.74. The van der Waals surface area contributed by atoms with Crippen LogP contribution < -0.4 is 14.8 Å². The number of carbonyl (C=O) groups is 1. The molecule has 2 aromatic heterocycles. The van der Waals surface area contributed by atoms with Crippen molar-refractivity contribution in [2.45, 2.75) is 17.6 Å². The molecular formula is C22H17N3O4S2. The highest BCUT2D eigenvalue weighted by Gasteiger charge is 2.17. The molecule has 0 fully saturated rings. The van der Waals surface area contributed by atoms with E-state index in [9.17, 15) is 4.79 Å². The van der Waals surface area contributed by atoms with Crippen molar-refractivity contribution in [2.24, 2.45) is 0 Å². The van der Waals surface area contributed by atoms with E-state index in [4.69, 9.17) is 14.0 Å². The number of aromatic nitrogens is 2. The molecule has 156 valence electrons. The second kappa shape index (κ2) is 8.44. The lowest BCUT2D eigenvalue weighted by molar-refractivity contribution is 0.102. The van der Waals surface area contributed by atoms with Crippen LogP contribution in [0.5, 0.6) is 11.5 Å². The molecular weight excluding hydrogens is 434 g/mol. The summed E-state index contributed by atoms with van der Waals surface area (Å²) in [5.41, 5.74) is 3.09. The van der Waals surface area contributed by atoms with Gasteiger partial charge in [-0.05, 0) is 37.3 Å². The van der Waals surface area contributed by atoms with Crippen molar-refractivity contribution in [2.75, 3.05) is 12.1 Å². The van der Waals surface area contributed by atoms with E-state index in [1.807, 2.05) is 54.8 Å². The van der Waals surface area contributed by atoms with Gasteiger partial charge < -0.3 is 14.0 Å². The molecule has 5 rings (SSSR count). The Morgan fingerprint density at radius 2 is 2.03 bits per heavy atom. The first kappa shape index (κ1) is 19.7. The maximum absolute atomic E-state index is 12.9. The number of ether oxygens (including phenoxy) is 2. The van der Waals surface area contributed by atoms with Gasteiger partial charge in [0, 0.05) is 21.9 Å². The molecule has 1 aliphatic rings. The Bertz CT molecular complexity index is 1250. The summed E-state index contributed by atoms with van der Waals surface area (Å²) >= 11 is 2.90. The molecule has 4 aromatic rings. The molecule has 31 heavy (non-hydrogen) atoms. The number of anilines is 1. The van der Waals surface area contributed by atoms with Crippen molar-refractivity contribution in [1.29, 1.82) is 0 Å². The molecule has 0 saturated carbocycles. The third-order valence-electron chi connectivity index (χ3n) is 4.57. The Balaban J connectivity index is 1.30. The summed E-state index contributed by atoms with van der Waals surface area (Å²) in [6, 6.07) is 15.0. The Hall–Kier alpha value is -3.30. The van der Waals surface area contributed by atoms with E-state index in [2.05, 4.69) is 15.5 Å². The van der Waals surface area contributed by atoms with Crippen LogP contribution in [0.15, 0.2) is 63.3 Å². The highest BCUT2D eigenvalue weighted by atomic mass is 32.2. The molecule has 0 spiro atoms. The van der Waals surface area contributed by atoms with Gasteiger partial charge in [0.05, 0.1) is 22.7 Å². The second-order valence-corrected chi connectivity index (χ2v) is 8.65. The molecule has 9 heteroatoms. The molecule has 3 heterocycles. The average Bonchev–Trinajstić information content (AvgIpc) is 3.53. The number of hydrogen-bond donors (Lipinski definition) is 1. The van der Waals surface area contributed by atoms with Gasteiger partial charge in [-0.2, -0.15) is 0 Å². The number of fused-ring (bicyclic) bond motifs is 1. The number of nitrogens with one attached hydrogen (secondary N) is 1. The fraction of sp³-hybridized carbons (Fsp3) is 0.136. The first-order chi connectivity index (χ1) is 15.2. The summed E-state index contributed by atoms with van der Waals surface area (Å²) in [5.74, 6) is 2.58. The van der Waals surface area contributed by atoms with Gasteiger partial charge in [-0.25, -0.2) is 4.98 Å². The second-order valence-electron chi connectivity index (χ2n) is 6.78. The zero-order chi connectivity index (χ0) is 21.2. The zero-order valence-electron chi connectivity index (χ0n) is 16.5. The minimum Gasteiger partial charge on any atom is -0.454 e. The van der Waals surface area contributed by atoms with Crippen LogP contribution in [0.3, 0.4) is 0 Å². The van der Waals surface area contributed by atoms with Gasteiger partial charge in [-0.15, -0.1) is 23.1 Å². The highest BCUT2D eigenvalue weighted by Crippen LogP contribution is 2.36. The standard InChI is InChI=1S/C22H17N3O4S2/c1-13-8-15(29-25-13)10-30-20-5-3-2-4-16(20)21(26)24-22-23-17(11-31-22)14-6-7-18-19(9-14)28-12-27-18/h2-9,11H,10,12H2,1H3,(H,23,24,26). The number of thiazole rings is 1. The minimum atomic E-state index is -0.205. The predicted octanol–water partition coefficient (Wildman–Crippen LogP) is 5.38. The first-order valence-corrected chi connectivity index (χ1v) is 11.3. The SMILES string of the molecule is Cc1cc(CSc2ccccc2C(=O)Nc2nc(-c3ccc4c(c3)OCO4)cs2)on1. The van der Waals surface area contributed by atoms with E-state index >= 15 is 0 Å². The summed E-state index contributed by atoms with van der Waals surface area (Å²) in [6.07, 6.45) is 0. The van der Waals surface area contributed by atoms with E-state index in [-0.39, 0.29) is 12.7 Å². The lowest BCUT2D eigenvalue weighted by Gasteiger charge is -2.07. The molecule has 0 radical (unpaired) electrons. The van der Waals surface area contributed by atoms with Crippen molar-refractivity contribution in [3.05, 3.63) is 70.9 Å². The first-order valence-electron chi connectivity index (χ1n) is 9.46. The molecule has 0 saturated heterocycles. The van der Waals surface area contributed by atoms with Crippen molar-refractivity contribution in [3.63, 3.8) is 0 Å². The number of hydrogen-bond acceptors (Lipinski definition) is 8. The van der Waals surface area contributed by atoms with E-state index in [1.54, 1.807) is 6.07 Å². The van der Waals surface area contributed by atoms with Crippen LogP contribution in [0.2, 0.25) is 0 Å². The van der Waals surface area contributed by atoms with Crippen LogP contribution in [0.25, 0.3) is 11.3 Å². The molecule has 1 N–H and O–H groups in total. The number of benzene rings is 2. The molecule has 2 aromatic carbocycles. The van der Waals surface area contributed by atoms with Gasteiger partial charge in [0.2, 0.25) is 6.79 Å². The lowest BCUT2D eigenvalue weighted by Crippen LogP contribution is -2.12. The lowest BCUT2D eigenvalue weighted by atomic mass is 10.1. The van der Waals surface area contributed by atoms with Crippen LogP contribution in [0, 0.1) is 6.92 Å². The minimum absolute atomic E-state index is 0.205. The smallest absolute Gasteiger partial charge is 0.258 e. The van der Waals surface area contributed by atoms with Gasteiger partial charge in [0.15, 0.2) is 16.6 Å². The molecule has 7 nitrogen and oxygen atoms in total. The summed E-state index contributed by atoms with van der Waals surface area (Å²) in [7, 11) is 0. The molecule has 0 atom stereocenters. The van der Waals surface area contributed by atoms with Crippen molar-refractivity contribution >= 4 is 34.1 Å². The van der Waals surface area contributed by atoms with Gasteiger partial charge in [0.25, 0.3) is 5.91 Å². The van der Waals surface area contributed by atoms with Crippen LogP contribution in [0.1, 0.15) is 21.8 Å². The Kier molecular flexibility index (Phi) is 5.35. The Labute approximate surface area is 186 Å². The number of carbonyl (C=O) groups excluding carboxylic acids is 1. The van der Waals surface area contributed by atoms with Gasteiger partial charge in [-0.1, -0.05) is 17.3 Å². The third-order valence-corrected chi connectivity index (χ3v) is 6.42. The number of thioether (sulfide) groups is 1. The average molecular weight is 452 g/mol. The largest absolute Gasteiger partial charge is 0.454 e. The molecule has 0 unspecified atom stereocenters. The zero-order valence-corrected chi connectivity index (χ0v) is 18.1. The van der Waals surface area contributed by atoms with Crippen LogP contribution >= 0.6 is 23.1 Å². The number of rotatable bonds is 6. The van der Waals surface area contributed by atoms with E-state index in [0.717, 1.165) is 33.4 Å². The molecule has 0 bridgehead atoms. The van der Waals surface area contributed by atoms with Crippen LogP contribution in [-0.4, -0.2) is 22.8 Å².